The predicted octanol–water partition coefficient (Wildman–Crippen LogP) is 4.16. The number of sulfonamides is 1. The van der Waals surface area contributed by atoms with Crippen LogP contribution in [0.4, 0.5) is 5.69 Å². The van der Waals surface area contributed by atoms with Gasteiger partial charge in [-0.2, -0.15) is 0 Å². The second kappa shape index (κ2) is 10.2. The average molecular weight is 515 g/mol. The molecule has 0 aliphatic heterocycles. The summed E-state index contributed by atoms with van der Waals surface area (Å²) < 4.78 is 49.5. The van der Waals surface area contributed by atoms with Crippen LogP contribution in [0.1, 0.15) is 45.6 Å². The zero-order chi connectivity index (χ0) is 26.0. The maximum atomic E-state index is 12.7. The van der Waals surface area contributed by atoms with Crippen molar-refractivity contribution in [3.8, 4) is 0 Å². The predicted molar refractivity (Wildman–Crippen MR) is 139 cm³/mol. The van der Waals surface area contributed by atoms with Crippen molar-refractivity contribution in [1.82, 2.24) is 5.32 Å². The summed E-state index contributed by atoms with van der Waals surface area (Å²) in [5, 5.41) is 2.90. The van der Waals surface area contributed by atoms with Gasteiger partial charge in [0.15, 0.2) is 9.84 Å². The van der Waals surface area contributed by atoms with Crippen LogP contribution in [0.2, 0.25) is 0 Å². The van der Waals surface area contributed by atoms with Gasteiger partial charge >= 0.3 is 0 Å². The van der Waals surface area contributed by atoms with Crippen LogP contribution < -0.4 is 9.62 Å². The summed E-state index contributed by atoms with van der Waals surface area (Å²) in [6.45, 7) is 5.87. The summed E-state index contributed by atoms with van der Waals surface area (Å²) in [5.74, 6) is -0.287. The first-order chi connectivity index (χ1) is 16.3. The minimum Gasteiger partial charge on any atom is -0.346 e. The Bertz CT molecular complexity index is 1430. The molecule has 0 unspecified atom stereocenters. The molecule has 35 heavy (non-hydrogen) atoms. The number of hydrogen-bond donors (Lipinski definition) is 1. The maximum absolute atomic E-state index is 12.7. The Morgan fingerprint density at radius 1 is 0.857 bits per heavy atom. The van der Waals surface area contributed by atoms with Crippen molar-refractivity contribution in [3.05, 3.63) is 94.5 Å². The van der Waals surface area contributed by atoms with Crippen LogP contribution >= 0.6 is 0 Å². The Morgan fingerprint density at radius 3 is 1.97 bits per heavy atom. The van der Waals surface area contributed by atoms with E-state index in [1.54, 1.807) is 42.5 Å². The van der Waals surface area contributed by atoms with E-state index < -0.39 is 19.9 Å². The van der Waals surface area contributed by atoms with Gasteiger partial charge < -0.3 is 5.32 Å². The highest BCUT2D eigenvalue weighted by atomic mass is 32.2. The molecule has 3 rings (SSSR count). The molecule has 7 nitrogen and oxygen atoms in total. The molecular weight excluding hydrogens is 484 g/mol. The number of aryl methyl sites for hydroxylation is 2. The van der Waals surface area contributed by atoms with Crippen LogP contribution in [0.3, 0.4) is 0 Å². The first-order valence-corrected chi connectivity index (χ1v) is 14.7. The van der Waals surface area contributed by atoms with E-state index in [0.717, 1.165) is 28.5 Å². The van der Waals surface area contributed by atoms with E-state index in [1.807, 2.05) is 32.9 Å². The number of nitrogens with zero attached hydrogens (tertiary/aromatic N) is 1. The molecule has 0 aliphatic rings. The summed E-state index contributed by atoms with van der Waals surface area (Å²) >= 11 is 0. The summed E-state index contributed by atoms with van der Waals surface area (Å²) in [6.07, 6.45) is 2.32. The minimum absolute atomic E-state index is 0.145. The Kier molecular flexibility index (Phi) is 7.71. The third-order valence-electron chi connectivity index (χ3n) is 5.88. The smallest absolute Gasteiger partial charge is 0.251 e. The SMILES string of the molecule is Cc1ccc(N(Cc2ccc(C(=O)N[C@H](C)c3ccc(S(C)(=O)=O)cc3)cc2)S(C)(=O)=O)cc1C. The molecule has 1 atom stereocenters. The molecule has 0 radical (unpaired) electrons. The Morgan fingerprint density at radius 2 is 1.46 bits per heavy atom. The molecule has 1 amide bonds. The number of hydrogen-bond acceptors (Lipinski definition) is 5. The highest BCUT2D eigenvalue weighted by Gasteiger charge is 2.19. The first kappa shape index (κ1) is 26.4. The molecule has 0 saturated heterocycles. The summed E-state index contributed by atoms with van der Waals surface area (Å²) in [7, 11) is -6.80. The van der Waals surface area contributed by atoms with Crippen molar-refractivity contribution < 1.29 is 21.6 Å². The number of amides is 1. The molecular formula is C26H30N2O5S2. The fourth-order valence-electron chi connectivity index (χ4n) is 3.58. The lowest BCUT2D eigenvalue weighted by Gasteiger charge is -2.23. The molecule has 0 heterocycles. The molecule has 0 saturated carbocycles. The number of anilines is 1. The normalized spacial score (nSPS) is 12.7. The maximum Gasteiger partial charge on any atom is 0.251 e. The zero-order valence-electron chi connectivity index (χ0n) is 20.4. The van der Waals surface area contributed by atoms with Crippen molar-refractivity contribution in [2.75, 3.05) is 16.8 Å². The van der Waals surface area contributed by atoms with Crippen molar-refractivity contribution >= 4 is 31.5 Å². The molecule has 0 aromatic heterocycles. The average Bonchev–Trinajstić information content (AvgIpc) is 2.78. The van der Waals surface area contributed by atoms with Crippen molar-refractivity contribution in [1.29, 1.82) is 0 Å². The third-order valence-corrected chi connectivity index (χ3v) is 8.15. The lowest BCUT2D eigenvalue weighted by Crippen LogP contribution is -2.29. The van der Waals surface area contributed by atoms with E-state index >= 15 is 0 Å². The standard InChI is InChI=1S/C26H30N2O5S2/c1-18-6-13-24(16-19(18)2)28(35(5,32)33)17-21-7-9-23(10-8-21)26(29)27-20(3)22-11-14-25(15-12-22)34(4,30)31/h6-16,20H,17H2,1-5H3,(H,27,29)/t20-/m1/s1. The van der Waals surface area contributed by atoms with Crippen molar-refractivity contribution in [2.45, 2.75) is 38.3 Å². The molecule has 3 aromatic rings. The molecule has 3 aromatic carbocycles. The van der Waals surface area contributed by atoms with Gasteiger partial charge in [0.25, 0.3) is 5.91 Å². The van der Waals surface area contributed by atoms with Gasteiger partial charge in [-0.05, 0) is 79.4 Å². The highest BCUT2D eigenvalue weighted by molar-refractivity contribution is 7.92. The first-order valence-electron chi connectivity index (χ1n) is 11.0. The number of rotatable bonds is 8. The van der Waals surface area contributed by atoms with E-state index in [-0.39, 0.29) is 23.4 Å². The monoisotopic (exact) mass is 514 g/mol. The van der Waals surface area contributed by atoms with Gasteiger partial charge in [0.1, 0.15) is 0 Å². The van der Waals surface area contributed by atoms with Crippen LogP contribution in [-0.2, 0) is 26.4 Å². The fraction of sp³-hybridized carbons (Fsp3) is 0.269. The molecule has 0 aliphatic carbocycles. The summed E-state index contributed by atoms with van der Waals surface area (Å²) in [6, 6.07) is 18.4. The zero-order valence-corrected chi connectivity index (χ0v) is 22.1. The van der Waals surface area contributed by atoms with Crippen LogP contribution in [0, 0.1) is 13.8 Å². The lowest BCUT2D eigenvalue weighted by atomic mass is 10.1. The second-order valence-corrected chi connectivity index (χ2v) is 12.7. The topological polar surface area (TPSA) is 101 Å². The molecule has 186 valence electrons. The number of carbonyl (C=O) groups is 1. The van der Waals surface area contributed by atoms with Crippen LogP contribution in [0.25, 0.3) is 0 Å². The van der Waals surface area contributed by atoms with Gasteiger partial charge in [-0.3, -0.25) is 9.10 Å². The van der Waals surface area contributed by atoms with E-state index in [9.17, 15) is 21.6 Å². The van der Waals surface area contributed by atoms with Crippen LogP contribution in [0.15, 0.2) is 71.6 Å². The number of nitrogens with one attached hydrogen (secondary N) is 1. The van der Waals surface area contributed by atoms with Crippen LogP contribution in [0.5, 0.6) is 0 Å². The van der Waals surface area contributed by atoms with Crippen molar-refractivity contribution in [3.63, 3.8) is 0 Å². The number of sulfone groups is 1. The van der Waals surface area contributed by atoms with Crippen LogP contribution in [-0.4, -0.2) is 35.3 Å². The van der Waals surface area contributed by atoms with E-state index in [4.69, 9.17) is 0 Å². The van der Waals surface area contributed by atoms with E-state index in [0.29, 0.717) is 11.3 Å². The van der Waals surface area contributed by atoms with Crippen molar-refractivity contribution in [2.24, 2.45) is 0 Å². The number of benzene rings is 3. The highest BCUT2D eigenvalue weighted by Crippen LogP contribution is 2.24. The minimum atomic E-state index is -3.51. The second-order valence-electron chi connectivity index (χ2n) is 8.77. The molecule has 0 spiro atoms. The van der Waals surface area contributed by atoms with Gasteiger partial charge in [-0.25, -0.2) is 16.8 Å². The summed E-state index contributed by atoms with van der Waals surface area (Å²) in [4.78, 5) is 12.9. The van der Waals surface area contributed by atoms with E-state index in [2.05, 4.69) is 5.32 Å². The lowest BCUT2D eigenvalue weighted by molar-refractivity contribution is 0.0940. The largest absolute Gasteiger partial charge is 0.346 e. The van der Waals surface area contributed by atoms with E-state index in [1.165, 1.54) is 22.7 Å². The molecule has 0 fully saturated rings. The van der Waals surface area contributed by atoms with Gasteiger partial charge in [-0.1, -0.05) is 30.3 Å². The van der Waals surface area contributed by atoms with Gasteiger partial charge in [0.05, 0.1) is 29.4 Å². The van der Waals surface area contributed by atoms with Gasteiger partial charge in [-0.15, -0.1) is 0 Å². The molecule has 1 N–H and O–H groups in total. The number of carbonyl (C=O) groups excluding carboxylic acids is 1. The summed E-state index contributed by atoms with van der Waals surface area (Å²) in [5.41, 5.74) is 4.63. The third kappa shape index (κ3) is 6.70. The Balaban J connectivity index is 1.72. The molecule has 0 bridgehead atoms. The Hall–Kier alpha value is -3.17. The van der Waals surface area contributed by atoms with Gasteiger partial charge in [0.2, 0.25) is 10.0 Å². The molecule has 9 heteroatoms. The quantitative estimate of drug-likeness (QED) is 0.486. The fourth-order valence-corrected chi connectivity index (χ4v) is 5.09. The Labute approximate surface area is 207 Å². The van der Waals surface area contributed by atoms with Gasteiger partial charge in [0, 0.05) is 11.8 Å².